The van der Waals surface area contributed by atoms with Gasteiger partial charge < -0.3 is 5.32 Å². The highest BCUT2D eigenvalue weighted by Crippen LogP contribution is 2.32. The van der Waals surface area contributed by atoms with Gasteiger partial charge in [0.05, 0.1) is 17.1 Å². The lowest BCUT2D eigenvalue weighted by Gasteiger charge is -2.24. The SMILES string of the molecule is Cc1cc(-n2nc3c(c2-n2ccn(-c4ccc(C5CCS(=N)(=O)CC5)cc4)c2=O)[C@H](C)NCC3)cc(C)c1F.Cl. The maximum Gasteiger partial charge on any atom is 0.338 e. The van der Waals surface area contributed by atoms with E-state index in [0.717, 1.165) is 54.0 Å². The summed E-state index contributed by atoms with van der Waals surface area (Å²) >= 11 is 0. The van der Waals surface area contributed by atoms with Gasteiger partial charge in [-0.05, 0) is 80.5 Å². The van der Waals surface area contributed by atoms with E-state index in [2.05, 4.69) is 12.2 Å². The Labute approximate surface area is 239 Å². The predicted octanol–water partition coefficient (Wildman–Crippen LogP) is 5.12. The molecule has 0 radical (unpaired) electrons. The minimum Gasteiger partial charge on any atom is -0.310 e. The lowest BCUT2D eigenvalue weighted by molar-refractivity contribution is 0.536. The molecule has 0 bridgehead atoms. The Bertz CT molecular complexity index is 1700. The standard InChI is InChI=1S/C29H33FN6O2S.ClH/c1-18-16-24(17-19(2)27(18)30)36-28(26-20(3)32-11-8-25(26)33-36)35-13-12-34(29(35)37)23-6-4-21(5-7-23)22-9-14-39(31,38)15-10-22;/h4-7,12-13,16-17,20,22,31-32H,8-11,14-15H2,1-3H3;1H/t20-,22?,39?;/m0./s1. The maximum absolute atomic E-state index is 14.5. The first-order chi connectivity index (χ1) is 18.6. The maximum atomic E-state index is 14.5. The van der Waals surface area contributed by atoms with E-state index in [1.54, 1.807) is 52.2 Å². The topological polar surface area (TPSA) is 97.7 Å². The van der Waals surface area contributed by atoms with E-state index < -0.39 is 9.73 Å². The Balaban J connectivity index is 0.00000323. The third kappa shape index (κ3) is 4.93. The van der Waals surface area contributed by atoms with Crippen LogP contribution in [-0.4, -0.2) is 41.2 Å². The molecule has 1 fully saturated rings. The lowest BCUT2D eigenvalue weighted by Crippen LogP contribution is -2.30. The largest absolute Gasteiger partial charge is 0.338 e. The van der Waals surface area contributed by atoms with E-state index in [9.17, 15) is 13.4 Å². The van der Waals surface area contributed by atoms with Crippen molar-refractivity contribution in [2.75, 3.05) is 18.1 Å². The third-order valence-corrected chi connectivity index (χ3v) is 9.91. The van der Waals surface area contributed by atoms with Gasteiger partial charge in [0, 0.05) is 58.2 Å². The average Bonchev–Trinajstić information content (AvgIpc) is 3.48. The molecule has 6 rings (SSSR count). The number of fused-ring (bicyclic) bond motifs is 1. The number of rotatable bonds is 4. The summed E-state index contributed by atoms with van der Waals surface area (Å²) in [5.41, 5.74) is 5.37. The van der Waals surface area contributed by atoms with Gasteiger partial charge in [-0.1, -0.05) is 12.1 Å². The molecule has 0 aliphatic carbocycles. The minimum absolute atomic E-state index is 0. The molecule has 0 spiro atoms. The lowest BCUT2D eigenvalue weighted by atomic mass is 9.93. The molecule has 2 aliphatic rings. The molecule has 40 heavy (non-hydrogen) atoms. The number of hydrogen-bond acceptors (Lipinski definition) is 5. The quantitative estimate of drug-likeness (QED) is 0.348. The molecule has 8 nitrogen and oxygen atoms in total. The number of aromatic nitrogens is 4. The second-order valence-corrected chi connectivity index (χ2v) is 13.3. The predicted molar refractivity (Wildman–Crippen MR) is 158 cm³/mol. The van der Waals surface area contributed by atoms with Crippen molar-refractivity contribution in [2.24, 2.45) is 0 Å². The first kappa shape index (κ1) is 28.3. The normalized spacial score (nSPS) is 22.5. The van der Waals surface area contributed by atoms with Crippen LogP contribution in [0.2, 0.25) is 0 Å². The average molecular weight is 585 g/mol. The Morgan fingerprint density at radius 1 is 1.02 bits per heavy atom. The van der Waals surface area contributed by atoms with Crippen LogP contribution in [0, 0.1) is 24.4 Å². The molecule has 1 atom stereocenters. The summed E-state index contributed by atoms with van der Waals surface area (Å²) in [6.45, 7) is 6.35. The van der Waals surface area contributed by atoms with Crippen LogP contribution < -0.4 is 11.0 Å². The van der Waals surface area contributed by atoms with Gasteiger partial charge in [-0.3, -0.25) is 13.9 Å². The summed E-state index contributed by atoms with van der Waals surface area (Å²) in [4.78, 5) is 13.8. The summed E-state index contributed by atoms with van der Waals surface area (Å²) in [6, 6.07) is 11.5. The number of imidazole rings is 1. The molecular weight excluding hydrogens is 551 g/mol. The Morgan fingerprint density at radius 3 is 2.30 bits per heavy atom. The Kier molecular flexibility index (Phi) is 7.54. The summed E-state index contributed by atoms with van der Waals surface area (Å²) < 4.78 is 39.3. The van der Waals surface area contributed by atoms with Crippen molar-refractivity contribution in [3.63, 3.8) is 0 Å². The summed E-state index contributed by atoms with van der Waals surface area (Å²) in [6.07, 6.45) is 5.77. The fraction of sp³-hybridized carbons (Fsp3) is 0.379. The zero-order valence-electron chi connectivity index (χ0n) is 22.8. The zero-order valence-corrected chi connectivity index (χ0v) is 24.4. The molecule has 0 saturated carbocycles. The smallest absolute Gasteiger partial charge is 0.310 e. The summed E-state index contributed by atoms with van der Waals surface area (Å²) in [5, 5.41) is 8.39. The van der Waals surface area contributed by atoms with Crippen molar-refractivity contribution in [1.82, 2.24) is 24.2 Å². The van der Waals surface area contributed by atoms with E-state index in [4.69, 9.17) is 9.88 Å². The highest BCUT2D eigenvalue weighted by atomic mass is 35.5. The van der Waals surface area contributed by atoms with Crippen molar-refractivity contribution in [2.45, 2.75) is 52.0 Å². The van der Waals surface area contributed by atoms with Crippen molar-refractivity contribution in [3.05, 3.63) is 93.0 Å². The number of halogens is 2. The third-order valence-electron chi connectivity index (χ3n) is 8.12. The molecule has 11 heteroatoms. The molecule has 0 unspecified atom stereocenters. The molecule has 4 aromatic rings. The highest BCUT2D eigenvalue weighted by molar-refractivity contribution is 7.92. The second-order valence-electron chi connectivity index (χ2n) is 10.8. The monoisotopic (exact) mass is 584 g/mol. The van der Waals surface area contributed by atoms with Gasteiger partial charge in [0.1, 0.15) is 11.6 Å². The Morgan fingerprint density at radius 2 is 1.65 bits per heavy atom. The van der Waals surface area contributed by atoms with E-state index in [1.807, 2.05) is 24.3 Å². The van der Waals surface area contributed by atoms with E-state index in [0.29, 0.717) is 28.5 Å². The summed E-state index contributed by atoms with van der Waals surface area (Å²) in [5.74, 6) is 1.61. The molecule has 4 heterocycles. The minimum atomic E-state index is -2.42. The van der Waals surface area contributed by atoms with E-state index >= 15 is 0 Å². The van der Waals surface area contributed by atoms with Crippen LogP contribution in [0.1, 0.15) is 59.7 Å². The van der Waals surface area contributed by atoms with Crippen molar-refractivity contribution in [1.29, 1.82) is 4.78 Å². The molecule has 1 saturated heterocycles. The van der Waals surface area contributed by atoms with Gasteiger partial charge in [-0.15, -0.1) is 12.4 Å². The number of hydrogen-bond donors (Lipinski definition) is 2. The van der Waals surface area contributed by atoms with Gasteiger partial charge in [0.25, 0.3) is 0 Å². The van der Waals surface area contributed by atoms with Crippen molar-refractivity contribution < 1.29 is 8.60 Å². The number of aryl methyl sites for hydroxylation is 2. The molecular formula is C29H34ClFN6O2S. The fourth-order valence-electron chi connectivity index (χ4n) is 5.95. The van der Waals surface area contributed by atoms with E-state index in [-0.39, 0.29) is 35.9 Å². The Hall–Kier alpha value is -3.21. The second kappa shape index (κ2) is 10.6. The zero-order chi connectivity index (χ0) is 27.5. The van der Waals surface area contributed by atoms with Crippen molar-refractivity contribution in [3.8, 4) is 17.2 Å². The molecule has 2 N–H and O–H groups in total. The molecule has 212 valence electrons. The van der Waals surface area contributed by atoms with Gasteiger partial charge in [0.15, 0.2) is 0 Å². The highest BCUT2D eigenvalue weighted by Gasteiger charge is 2.29. The van der Waals surface area contributed by atoms with Crippen LogP contribution in [0.4, 0.5) is 4.39 Å². The van der Waals surface area contributed by atoms with Crippen LogP contribution in [-0.2, 0) is 16.1 Å². The first-order valence-electron chi connectivity index (χ1n) is 13.4. The van der Waals surface area contributed by atoms with Gasteiger partial charge in [-0.2, -0.15) is 5.10 Å². The van der Waals surface area contributed by atoms with Crippen molar-refractivity contribution >= 4 is 22.1 Å². The summed E-state index contributed by atoms with van der Waals surface area (Å²) in [7, 11) is -2.42. The van der Waals surface area contributed by atoms with Crippen LogP contribution in [0.25, 0.3) is 17.2 Å². The van der Waals surface area contributed by atoms with Crippen LogP contribution >= 0.6 is 12.4 Å². The molecule has 0 amide bonds. The van der Waals surface area contributed by atoms with Crippen LogP contribution in [0.3, 0.4) is 0 Å². The van der Waals surface area contributed by atoms with Crippen LogP contribution in [0.5, 0.6) is 0 Å². The molecule has 2 aromatic carbocycles. The number of nitrogens with one attached hydrogen (secondary N) is 2. The van der Waals surface area contributed by atoms with E-state index in [1.165, 1.54) is 0 Å². The fourth-order valence-corrected chi connectivity index (χ4v) is 7.48. The molecule has 2 aliphatic heterocycles. The van der Waals surface area contributed by atoms with Gasteiger partial charge in [-0.25, -0.2) is 18.1 Å². The van der Waals surface area contributed by atoms with Crippen LogP contribution in [0.15, 0.2) is 53.6 Å². The number of nitrogens with zero attached hydrogens (tertiary/aromatic N) is 4. The van der Waals surface area contributed by atoms with Gasteiger partial charge in [0.2, 0.25) is 0 Å². The number of benzene rings is 2. The molecule has 2 aromatic heterocycles. The first-order valence-corrected chi connectivity index (χ1v) is 15.3. The van der Waals surface area contributed by atoms with Gasteiger partial charge >= 0.3 is 5.69 Å².